The minimum atomic E-state index is -0.197. The molecule has 3 aromatic rings. The predicted octanol–water partition coefficient (Wildman–Crippen LogP) is 3.05. The lowest BCUT2D eigenvalue weighted by atomic mass is 10.1. The van der Waals surface area contributed by atoms with Crippen molar-refractivity contribution >= 4 is 23.2 Å². The fourth-order valence-electron chi connectivity index (χ4n) is 4.69. The fourth-order valence-corrected chi connectivity index (χ4v) is 5.49. The van der Waals surface area contributed by atoms with Crippen LogP contribution in [0, 0.1) is 0 Å². The molecular weight excluding hydrogens is 424 g/mol. The van der Waals surface area contributed by atoms with Gasteiger partial charge in [0.15, 0.2) is 0 Å². The lowest BCUT2D eigenvalue weighted by Gasteiger charge is -2.19. The Bertz CT molecular complexity index is 1050. The Morgan fingerprint density at radius 1 is 1.25 bits per heavy atom. The van der Waals surface area contributed by atoms with Gasteiger partial charge in [-0.15, -0.1) is 11.3 Å². The number of anilines is 1. The molecule has 1 saturated heterocycles. The van der Waals surface area contributed by atoms with Gasteiger partial charge >= 0.3 is 6.03 Å². The van der Waals surface area contributed by atoms with Crippen molar-refractivity contribution in [3.8, 4) is 5.69 Å². The molecule has 9 heteroatoms. The first-order valence-electron chi connectivity index (χ1n) is 11.1. The van der Waals surface area contributed by atoms with Crippen LogP contribution in [0.5, 0.6) is 0 Å². The number of likely N-dealkylation sites (tertiary alicyclic amines) is 1. The molecule has 2 atom stereocenters. The summed E-state index contributed by atoms with van der Waals surface area (Å²) in [5.74, 6) is 0.948. The molecule has 2 aromatic heterocycles. The number of hydrogen-bond acceptors (Lipinski definition) is 6. The maximum atomic E-state index is 13.2. The number of aromatic nitrogens is 3. The number of hydrogen-bond donors (Lipinski definition) is 2. The van der Waals surface area contributed by atoms with E-state index in [0.29, 0.717) is 6.61 Å². The summed E-state index contributed by atoms with van der Waals surface area (Å²) in [6.45, 7) is 3.15. The summed E-state index contributed by atoms with van der Waals surface area (Å²) in [5.41, 5.74) is 3.18. The first kappa shape index (κ1) is 21.1. The number of carbonyl (C=O) groups excluding carboxylic acids is 1. The molecular formula is C23H28N6O2S. The second kappa shape index (κ2) is 9.40. The molecule has 0 spiro atoms. The third-order valence-corrected chi connectivity index (χ3v) is 7.14. The lowest BCUT2D eigenvalue weighted by molar-refractivity contribution is 0.159. The maximum absolute atomic E-state index is 13.2. The number of aryl methyl sites for hydroxylation is 1. The third-order valence-electron chi connectivity index (χ3n) is 6.23. The number of benzene rings is 1. The Kier molecular flexibility index (Phi) is 6.20. The Balaban J connectivity index is 1.34. The molecule has 3 heterocycles. The summed E-state index contributed by atoms with van der Waals surface area (Å²) in [5, 5.41) is 14.2. The summed E-state index contributed by atoms with van der Waals surface area (Å²) < 4.78 is 7.11. The molecule has 1 aliphatic carbocycles. The number of fused-ring (bicyclic) bond motifs is 1. The van der Waals surface area contributed by atoms with Gasteiger partial charge in [0.2, 0.25) is 0 Å². The molecule has 2 amide bonds. The number of urea groups is 1. The van der Waals surface area contributed by atoms with Gasteiger partial charge in [0.25, 0.3) is 0 Å². The van der Waals surface area contributed by atoms with E-state index in [9.17, 15) is 4.79 Å². The highest BCUT2D eigenvalue weighted by Crippen LogP contribution is 2.32. The van der Waals surface area contributed by atoms with Crippen molar-refractivity contribution in [2.75, 3.05) is 38.7 Å². The minimum Gasteiger partial charge on any atom is -0.383 e. The Morgan fingerprint density at radius 3 is 2.91 bits per heavy atom. The van der Waals surface area contributed by atoms with Gasteiger partial charge in [0.05, 0.1) is 29.0 Å². The Hall–Kier alpha value is -2.75. The highest BCUT2D eigenvalue weighted by molar-refractivity contribution is 7.09. The van der Waals surface area contributed by atoms with E-state index in [-0.39, 0.29) is 18.0 Å². The van der Waals surface area contributed by atoms with Crippen LogP contribution in [0.25, 0.3) is 5.69 Å². The standard InChI is InChI=1S/C23H28N6O2S/c1-31-12-11-28-14-18(22-24-10-13-32-22)20(15-28)25-23(30)26-21-17-8-5-9-19(17)27-29(21)16-6-3-2-4-7-16/h2-4,6-7,10,13,18,20H,5,8-9,11-12,14-15H2,1H3,(H2,25,26,30)/t18-,20-/m0/s1. The van der Waals surface area contributed by atoms with Crippen LogP contribution in [0.4, 0.5) is 10.6 Å². The topological polar surface area (TPSA) is 84.3 Å². The van der Waals surface area contributed by atoms with Crippen molar-refractivity contribution in [3.63, 3.8) is 0 Å². The van der Waals surface area contributed by atoms with E-state index in [1.54, 1.807) is 18.4 Å². The van der Waals surface area contributed by atoms with Crippen LogP contribution in [0.1, 0.15) is 28.6 Å². The molecule has 1 fully saturated rings. The molecule has 168 valence electrons. The molecule has 5 rings (SSSR count). The number of nitrogens with zero attached hydrogens (tertiary/aromatic N) is 4. The zero-order valence-electron chi connectivity index (χ0n) is 18.2. The van der Waals surface area contributed by atoms with Crippen LogP contribution in [0.15, 0.2) is 41.9 Å². The second-order valence-electron chi connectivity index (χ2n) is 8.31. The summed E-state index contributed by atoms with van der Waals surface area (Å²) in [6, 6.07) is 9.75. The second-order valence-corrected chi connectivity index (χ2v) is 9.24. The van der Waals surface area contributed by atoms with Gasteiger partial charge in [0, 0.05) is 49.8 Å². The van der Waals surface area contributed by atoms with Gasteiger partial charge in [-0.1, -0.05) is 18.2 Å². The van der Waals surface area contributed by atoms with E-state index in [0.717, 1.165) is 66.7 Å². The summed E-state index contributed by atoms with van der Waals surface area (Å²) in [6.07, 6.45) is 4.80. The molecule has 2 N–H and O–H groups in total. The molecule has 1 aromatic carbocycles. The molecule has 2 aliphatic rings. The van der Waals surface area contributed by atoms with Crippen molar-refractivity contribution in [1.82, 2.24) is 25.0 Å². The van der Waals surface area contributed by atoms with E-state index in [2.05, 4.69) is 20.5 Å². The average molecular weight is 453 g/mol. The van der Waals surface area contributed by atoms with Crippen LogP contribution in [0.2, 0.25) is 0 Å². The van der Waals surface area contributed by atoms with Crippen molar-refractivity contribution < 1.29 is 9.53 Å². The van der Waals surface area contributed by atoms with Crippen molar-refractivity contribution in [2.45, 2.75) is 31.2 Å². The van der Waals surface area contributed by atoms with Crippen molar-refractivity contribution in [3.05, 3.63) is 58.2 Å². The van der Waals surface area contributed by atoms with Gasteiger partial charge in [-0.3, -0.25) is 10.2 Å². The normalized spacial score (nSPS) is 20.4. The predicted molar refractivity (Wildman–Crippen MR) is 125 cm³/mol. The monoisotopic (exact) mass is 452 g/mol. The van der Waals surface area contributed by atoms with Crippen LogP contribution < -0.4 is 10.6 Å². The number of methoxy groups -OCH3 is 1. The smallest absolute Gasteiger partial charge is 0.320 e. The third kappa shape index (κ3) is 4.28. The Morgan fingerprint density at radius 2 is 2.12 bits per heavy atom. The first-order valence-corrected chi connectivity index (χ1v) is 12.0. The molecule has 1 aliphatic heterocycles. The maximum Gasteiger partial charge on any atom is 0.320 e. The van der Waals surface area contributed by atoms with Gasteiger partial charge in [-0.25, -0.2) is 14.5 Å². The quantitative estimate of drug-likeness (QED) is 0.576. The Labute approximate surface area is 191 Å². The fraction of sp³-hybridized carbons (Fsp3) is 0.435. The van der Waals surface area contributed by atoms with Gasteiger partial charge in [-0.05, 0) is 31.4 Å². The molecule has 0 unspecified atom stereocenters. The van der Waals surface area contributed by atoms with E-state index in [1.165, 1.54) is 0 Å². The summed E-state index contributed by atoms with van der Waals surface area (Å²) >= 11 is 1.64. The molecule has 32 heavy (non-hydrogen) atoms. The molecule has 0 saturated carbocycles. The van der Waals surface area contributed by atoms with Crippen molar-refractivity contribution in [2.24, 2.45) is 0 Å². The number of amides is 2. The zero-order chi connectivity index (χ0) is 21.9. The number of ether oxygens (including phenoxy) is 1. The van der Waals surface area contributed by atoms with Crippen LogP contribution in [-0.2, 0) is 17.6 Å². The number of thiazole rings is 1. The van der Waals surface area contributed by atoms with Crippen LogP contribution in [0.3, 0.4) is 0 Å². The molecule has 8 nitrogen and oxygen atoms in total. The van der Waals surface area contributed by atoms with E-state index < -0.39 is 0 Å². The number of carbonyl (C=O) groups is 1. The van der Waals surface area contributed by atoms with E-state index >= 15 is 0 Å². The van der Waals surface area contributed by atoms with Crippen LogP contribution >= 0.6 is 11.3 Å². The number of para-hydroxylation sites is 1. The molecule has 0 radical (unpaired) electrons. The highest BCUT2D eigenvalue weighted by Gasteiger charge is 2.36. The molecule has 0 bridgehead atoms. The summed E-state index contributed by atoms with van der Waals surface area (Å²) in [7, 11) is 1.71. The SMILES string of the molecule is COCCN1C[C@H](NC(=O)Nc2c3c(nn2-c2ccccc2)CCC3)[C@@H](c2nccs2)C1. The largest absolute Gasteiger partial charge is 0.383 e. The summed E-state index contributed by atoms with van der Waals surface area (Å²) in [4.78, 5) is 20.0. The van der Waals surface area contributed by atoms with E-state index in [4.69, 9.17) is 9.84 Å². The van der Waals surface area contributed by atoms with Crippen molar-refractivity contribution in [1.29, 1.82) is 0 Å². The minimum absolute atomic E-state index is 0.0147. The lowest BCUT2D eigenvalue weighted by Crippen LogP contribution is -2.42. The van der Waals surface area contributed by atoms with Gasteiger partial charge in [-0.2, -0.15) is 5.10 Å². The number of rotatable bonds is 7. The van der Waals surface area contributed by atoms with E-state index in [1.807, 2.05) is 46.6 Å². The van der Waals surface area contributed by atoms with Gasteiger partial charge in [0.1, 0.15) is 5.82 Å². The van der Waals surface area contributed by atoms with Gasteiger partial charge < -0.3 is 10.1 Å². The number of nitrogens with one attached hydrogen (secondary N) is 2. The average Bonchev–Trinajstić information content (AvgIpc) is 3.59. The first-order chi connectivity index (χ1) is 15.7. The highest BCUT2D eigenvalue weighted by atomic mass is 32.1. The zero-order valence-corrected chi connectivity index (χ0v) is 19.0. The van der Waals surface area contributed by atoms with Crippen LogP contribution in [-0.4, -0.2) is 65.1 Å².